The number of hydrogen-bond acceptors (Lipinski definition) is 2. The lowest BCUT2D eigenvalue weighted by atomic mass is 9.98. The van der Waals surface area contributed by atoms with Gasteiger partial charge >= 0.3 is 0 Å². The van der Waals surface area contributed by atoms with Crippen molar-refractivity contribution in [3.8, 4) is 0 Å². The van der Waals surface area contributed by atoms with Gasteiger partial charge in [-0.2, -0.15) is 11.8 Å². The molecule has 0 spiro atoms. The molecule has 0 saturated carbocycles. The first-order valence-corrected chi connectivity index (χ1v) is 5.78. The summed E-state index contributed by atoms with van der Waals surface area (Å²) in [6.07, 6.45) is 1.90. The minimum atomic E-state index is -0.361. The van der Waals surface area contributed by atoms with Crippen LogP contribution in [0.4, 0.5) is 0 Å². The molecule has 1 aliphatic heterocycles. The molecule has 1 N–H and O–H groups in total. The van der Waals surface area contributed by atoms with Gasteiger partial charge in [0.1, 0.15) is 0 Å². The van der Waals surface area contributed by atoms with Gasteiger partial charge in [-0.25, -0.2) is 0 Å². The molecule has 0 aliphatic carbocycles. The Balaban J connectivity index is 1.86. The maximum atomic E-state index is 9.85. The van der Waals surface area contributed by atoms with Crippen LogP contribution in [0, 0.1) is 0 Å². The van der Waals surface area contributed by atoms with E-state index in [0.29, 0.717) is 0 Å². The van der Waals surface area contributed by atoms with Gasteiger partial charge in [0, 0.05) is 11.5 Å². The third-order valence-electron chi connectivity index (χ3n) is 2.46. The van der Waals surface area contributed by atoms with Crippen LogP contribution in [-0.2, 0) is 6.42 Å². The van der Waals surface area contributed by atoms with E-state index in [1.165, 1.54) is 5.56 Å². The van der Waals surface area contributed by atoms with E-state index in [1.54, 1.807) is 0 Å². The SMILES string of the molecule is OC1(CCc2ccccc2)CSC1. The first-order chi connectivity index (χ1) is 6.29. The van der Waals surface area contributed by atoms with E-state index >= 15 is 0 Å². The van der Waals surface area contributed by atoms with Gasteiger partial charge in [-0.3, -0.25) is 0 Å². The Morgan fingerprint density at radius 2 is 1.92 bits per heavy atom. The standard InChI is InChI=1S/C11H14OS/c12-11(8-13-9-11)7-6-10-4-2-1-3-5-10/h1-5,12H,6-9H2. The van der Waals surface area contributed by atoms with Gasteiger partial charge < -0.3 is 5.11 Å². The highest BCUT2D eigenvalue weighted by Gasteiger charge is 2.34. The fourth-order valence-corrected chi connectivity index (χ4v) is 2.47. The highest BCUT2D eigenvalue weighted by Crippen LogP contribution is 2.32. The Morgan fingerprint density at radius 1 is 1.23 bits per heavy atom. The Hall–Kier alpha value is -0.470. The molecule has 1 aliphatic rings. The summed E-state index contributed by atoms with van der Waals surface area (Å²) >= 11 is 1.83. The number of aryl methyl sites for hydroxylation is 1. The van der Waals surface area contributed by atoms with Crippen molar-refractivity contribution in [1.29, 1.82) is 0 Å². The van der Waals surface area contributed by atoms with Crippen LogP contribution in [-0.4, -0.2) is 22.2 Å². The molecule has 0 unspecified atom stereocenters. The highest BCUT2D eigenvalue weighted by atomic mass is 32.2. The molecule has 1 nitrogen and oxygen atoms in total. The van der Waals surface area contributed by atoms with Crippen molar-refractivity contribution in [3.63, 3.8) is 0 Å². The van der Waals surface area contributed by atoms with Gasteiger partial charge in [0.25, 0.3) is 0 Å². The molecule has 0 bridgehead atoms. The van der Waals surface area contributed by atoms with Gasteiger partial charge in [0.05, 0.1) is 5.60 Å². The van der Waals surface area contributed by atoms with Gasteiger partial charge in [-0.05, 0) is 18.4 Å². The van der Waals surface area contributed by atoms with E-state index in [2.05, 4.69) is 24.3 Å². The summed E-state index contributed by atoms with van der Waals surface area (Å²) in [5.74, 6) is 1.83. The third kappa shape index (κ3) is 2.26. The fraction of sp³-hybridized carbons (Fsp3) is 0.455. The molecule has 13 heavy (non-hydrogen) atoms. The lowest BCUT2D eigenvalue weighted by molar-refractivity contribution is 0.0698. The van der Waals surface area contributed by atoms with E-state index in [0.717, 1.165) is 24.3 Å². The van der Waals surface area contributed by atoms with Crippen LogP contribution in [0.1, 0.15) is 12.0 Å². The van der Waals surface area contributed by atoms with Gasteiger partial charge in [0.2, 0.25) is 0 Å². The van der Waals surface area contributed by atoms with Gasteiger partial charge in [-0.15, -0.1) is 0 Å². The van der Waals surface area contributed by atoms with E-state index in [1.807, 2.05) is 17.8 Å². The minimum absolute atomic E-state index is 0.361. The van der Waals surface area contributed by atoms with Crippen molar-refractivity contribution in [2.45, 2.75) is 18.4 Å². The molecule has 2 rings (SSSR count). The molecule has 0 radical (unpaired) electrons. The van der Waals surface area contributed by atoms with E-state index in [4.69, 9.17) is 0 Å². The van der Waals surface area contributed by atoms with Crippen LogP contribution >= 0.6 is 11.8 Å². The Labute approximate surface area is 83.2 Å². The molecule has 1 heterocycles. The molecule has 1 aromatic carbocycles. The highest BCUT2D eigenvalue weighted by molar-refractivity contribution is 8.00. The molecule has 0 atom stereocenters. The summed E-state index contributed by atoms with van der Waals surface area (Å²) in [6.45, 7) is 0. The van der Waals surface area contributed by atoms with Crippen molar-refractivity contribution < 1.29 is 5.11 Å². The van der Waals surface area contributed by atoms with E-state index in [-0.39, 0.29) is 5.60 Å². The lowest BCUT2D eigenvalue weighted by Crippen LogP contribution is -2.43. The summed E-state index contributed by atoms with van der Waals surface area (Å²) in [5, 5.41) is 9.85. The number of benzene rings is 1. The smallest absolute Gasteiger partial charge is 0.0830 e. The van der Waals surface area contributed by atoms with Crippen molar-refractivity contribution >= 4 is 11.8 Å². The summed E-state index contributed by atoms with van der Waals surface area (Å²) in [5.41, 5.74) is 0.966. The second kappa shape index (κ2) is 3.72. The van der Waals surface area contributed by atoms with Crippen LogP contribution in [0.25, 0.3) is 0 Å². The predicted octanol–water partition coefficient (Wildman–Crippen LogP) is 2.10. The number of hydrogen-bond donors (Lipinski definition) is 1. The topological polar surface area (TPSA) is 20.2 Å². The normalized spacial score (nSPS) is 19.5. The molecule has 1 fully saturated rings. The quantitative estimate of drug-likeness (QED) is 0.795. The Kier molecular flexibility index (Phi) is 2.61. The second-order valence-corrected chi connectivity index (χ2v) is 4.69. The molecular weight excluding hydrogens is 180 g/mol. The average Bonchev–Trinajstić information content (AvgIpc) is 2.13. The first-order valence-electron chi connectivity index (χ1n) is 4.63. The number of thioether (sulfide) groups is 1. The summed E-state index contributed by atoms with van der Waals surface area (Å²) in [7, 11) is 0. The zero-order valence-corrected chi connectivity index (χ0v) is 8.39. The molecule has 2 heteroatoms. The van der Waals surface area contributed by atoms with Crippen molar-refractivity contribution in [2.24, 2.45) is 0 Å². The molecule has 1 aromatic rings. The molecule has 0 amide bonds. The molecule has 1 saturated heterocycles. The Bertz CT molecular complexity index is 267. The lowest BCUT2D eigenvalue weighted by Gasteiger charge is -2.35. The predicted molar refractivity (Wildman–Crippen MR) is 57.0 cm³/mol. The fourth-order valence-electron chi connectivity index (χ4n) is 1.50. The number of aliphatic hydroxyl groups is 1. The van der Waals surface area contributed by atoms with Crippen molar-refractivity contribution in [1.82, 2.24) is 0 Å². The van der Waals surface area contributed by atoms with E-state index in [9.17, 15) is 5.11 Å². The first kappa shape index (κ1) is 9.10. The summed E-state index contributed by atoms with van der Waals surface area (Å²) < 4.78 is 0. The van der Waals surface area contributed by atoms with E-state index < -0.39 is 0 Å². The Morgan fingerprint density at radius 3 is 2.46 bits per heavy atom. The summed E-state index contributed by atoms with van der Waals surface area (Å²) in [6, 6.07) is 10.4. The monoisotopic (exact) mass is 194 g/mol. The van der Waals surface area contributed by atoms with Crippen LogP contribution in [0.5, 0.6) is 0 Å². The summed E-state index contributed by atoms with van der Waals surface area (Å²) in [4.78, 5) is 0. The largest absolute Gasteiger partial charge is 0.388 e. The van der Waals surface area contributed by atoms with Crippen LogP contribution in [0.15, 0.2) is 30.3 Å². The van der Waals surface area contributed by atoms with Crippen molar-refractivity contribution in [2.75, 3.05) is 11.5 Å². The zero-order valence-electron chi connectivity index (χ0n) is 7.57. The zero-order chi connectivity index (χ0) is 9.15. The average molecular weight is 194 g/mol. The second-order valence-electron chi connectivity index (χ2n) is 3.70. The van der Waals surface area contributed by atoms with Gasteiger partial charge in [0.15, 0.2) is 0 Å². The molecule has 70 valence electrons. The minimum Gasteiger partial charge on any atom is -0.388 e. The van der Waals surface area contributed by atoms with Crippen LogP contribution in [0.3, 0.4) is 0 Å². The third-order valence-corrected chi connectivity index (χ3v) is 3.95. The maximum absolute atomic E-state index is 9.85. The number of rotatable bonds is 3. The van der Waals surface area contributed by atoms with Crippen LogP contribution < -0.4 is 0 Å². The molecular formula is C11H14OS. The molecule has 0 aromatic heterocycles. The maximum Gasteiger partial charge on any atom is 0.0830 e. The van der Waals surface area contributed by atoms with Crippen LogP contribution in [0.2, 0.25) is 0 Å². The van der Waals surface area contributed by atoms with Gasteiger partial charge in [-0.1, -0.05) is 30.3 Å². The van der Waals surface area contributed by atoms with Crippen molar-refractivity contribution in [3.05, 3.63) is 35.9 Å².